The second-order valence-electron chi connectivity index (χ2n) is 8.02. The molecule has 0 aliphatic heterocycles. The molecule has 2 amide bonds. The number of para-hydroxylation sites is 1. The van der Waals surface area contributed by atoms with Gasteiger partial charge in [-0.1, -0.05) is 28.9 Å². The minimum absolute atomic E-state index is 0.441. The highest BCUT2D eigenvalue weighted by molar-refractivity contribution is 6.32. The molecule has 5 rings (SSSR count). The van der Waals surface area contributed by atoms with Crippen molar-refractivity contribution in [3.8, 4) is 28.7 Å². The molecular formula is C27H22ClN7O4. The second kappa shape index (κ2) is 11.5. The van der Waals surface area contributed by atoms with E-state index in [-0.39, 0.29) is 0 Å². The SMILES string of the molecule is COc1cc2nccc(Oc3ccc(NC(=O)N/N=C/c4cn(-c5ccccc5Cl)nn4)cc3)c2cc1OC. The quantitative estimate of drug-likeness (QED) is 0.197. The molecule has 2 N–H and O–H groups in total. The van der Waals surface area contributed by atoms with Gasteiger partial charge in [-0.3, -0.25) is 4.98 Å². The largest absolute Gasteiger partial charge is 0.493 e. The molecule has 2 aromatic heterocycles. The van der Waals surface area contributed by atoms with Crippen molar-refractivity contribution in [2.75, 3.05) is 19.5 Å². The normalized spacial score (nSPS) is 10.9. The molecule has 3 aromatic carbocycles. The standard InChI is InChI=1S/C27H22ClN7O4/c1-37-25-13-20-22(14-26(25)38-2)29-12-11-24(20)39-19-9-7-17(8-10-19)31-27(36)33-30-15-18-16-35(34-32-18)23-6-4-3-5-21(23)28/h3-16H,1-2H3,(H2,31,33,36)/b30-15+. The van der Waals surface area contributed by atoms with Gasteiger partial charge < -0.3 is 19.5 Å². The minimum atomic E-state index is -0.528. The van der Waals surface area contributed by atoms with Crippen LogP contribution in [-0.2, 0) is 0 Å². The number of carbonyl (C=O) groups is 1. The summed E-state index contributed by atoms with van der Waals surface area (Å²) in [6.07, 6.45) is 4.67. The van der Waals surface area contributed by atoms with Crippen LogP contribution in [0.3, 0.4) is 0 Å². The van der Waals surface area contributed by atoms with Crippen LogP contribution >= 0.6 is 11.6 Å². The number of hydrogen-bond acceptors (Lipinski definition) is 8. The third-order valence-electron chi connectivity index (χ3n) is 5.52. The third kappa shape index (κ3) is 5.89. The van der Waals surface area contributed by atoms with Crippen molar-refractivity contribution in [1.29, 1.82) is 0 Å². The van der Waals surface area contributed by atoms with Crippen LogP contribution in [0.2, 0.25) is 5.02 Å². The number of benzene rings is 3. The van der Waals surface area contributed by atoms with E-state index in [1.807, 2.05) is 24.3 Å². The lowest BCUT2D eigenvalue weighted by Gasteiger charge is -2.12. The van der Waals surface area contributed by atoms with Crippen molar-refractivity contribution in [3.63, 3.8) is 0 Å². The summed E-state index contributed by atoms with van der Waals surface area (Å²) in [5.41, 5.74) is 4.76. The molecule has 12 heteroatoms. The number of fused-ring (bicyclic) bond motifs is 1. The zero-order chi connectivity index (χ0) is 27.2. The van der Waals surface area contributed by atoms with Gasteiger partial charge in [0, 0.05) is 23.3 Å². The van der Waals surface area contributed by atoms with Gasteiger partial charge in [0.15, 0.2) is 11.5 Å². The highest BCUT2D eigenvalue weighted by atomic mass is 35.5. The Kier molecular flexibility index (Phi) is 7.51. The number of halogens is 1. The van der Waals surface area contributed by atoms with Gasteiger partial charge in [0.2, 0.25) is 0 Å². The van der Waals surface area contributed by atoms with Crippen molar-refractivity contribution in [2.24, 2.45) is 5.10 Å². The van der Waals surface area contributed by atoms with Gasteiger partial charge in [-0.15, -0.1) is 5.10 Å². The minimum Gasteiger partial charge on any atom is -0.493 e. The van der Waals surface area contributed by atoms with Gasteiger partial charge in [-0.2, -0.15) is 5.10 Å². The topological polar surface area (TPSA) is 125 Å². The van der Waals surface area contributed by atoms with E-state index >= 15 is 0 Å². The average molecular weight is 544 g/mol. The number of nitrogens with one attached hydrogen (secondary N) is 2. The number of carbonyl (C=O) groups excluding carboxylic acids is 1. The van der Waals surface area contributed by atoms with E-state index in [1.165, 1.54) is 10.9 Å². The maximum atomic E-state index is 12.3. The smallest absolute Gasteiger partial charge is 0.339 e. The van der Waals surface area contributed by atoms with Gasteiger partial charge in [0.1, 0.15) is 17.2 Å². The number of hydrazone groups is 1. The number of anilines is 1. The van der Waals surface area contributed by atoms with Crippen LogP contribution in [-0.4, -0.2) is 46.4 Å². The van der Waals surface area contributed by atoms with Crippen molar-refractivity contribution >= 4 is 40.4 Å². The molecule has 0 saturated heterocycles. The van der Waals surface area contributed by atoms with E-state index in [4.69, 9.17) is 25.8 Å². The molecule has 0 aliphatic rings. The molecule has 39 heavy (non-hydrogen) atoms. The maximum Gasteiger partial charge on any atom is 0.339 e. The number of nitrogens with zero attached hydrogens (tertiary/aromatic N) is 5. The zero-order valence-electron chi connectivity index (χ0n) is 20.8. The molecule has 0 saturated carbocycles. The molecule has 0 radical (unpaired) electrons. The van der Waals surface area contributed by atoms with Gasteiger partial charge >= 0.3 is 6.03 Å². The maximum absolute atomic E-state index is 12.3. The predicted molar refractivity (Wildman–Crippen MR) is 147 cm³/mol. The zero-order valence-corrected chi connectivity index (χ0v) is 21.6. The van der Waals surface area contributed by atoms with Crippen LogP contribution in [0.5, 0.6) is 23.0 Å². The lowest BCUT2D eigenvalue weighted by atomic mass is 10.2. The highest BCUT2D eigenvalue weighted by Crippen LogP contribution is 2.37. The summed E-state index contributed by atoms with van der Waals surface area (Å²) in [7, 11) is 3.14. The molecule has 0 fully saturated rings. The Hall–Kier alpha value is -5.16. The fourth-order valence-electron chi connectivity index (χ4n) is 3.68. The van der Waals surface area contributed by atoms with E-state index in [0.717, 1.165) is 5.39 Å². The molecule has 0 bridgehead atoms. The Morgan fingerprint density at radius 3 is 2.54 bits per heavy atom. The lowest BCUT2D eigenvalue weighted by molar-refractivity contribution is 0.252. The van der Waals surface area contributed by atoms with Crippen molar-refractivity contribution < 1.29 is 19.0 Å². The fourth-order valence-corrected chi connectivity index (χ4v) is 3.90. The number of amides is 2. The highest BCUT2D eigenvalue weighted by Gasteiger charge is 2.12. The summed E-state index contributed by atoms with van der Waals surface area (Å²) >= 11 is 6.18. The predicted octanol–water partition coefficient (Wildman–Crippen LogP) is 5.43. The van der Waals surface area contributed by atoms with E-state index in [2.05, 4.69) is 31.1 Å². The van der Waals surface area contributed by atoms with Crippen LogP contribution in [0.15, 0.2) is 84.2 Å². The Morgan fingerprint density at radius 2 is 1.77 bits per heavy atom. The van der Waals surface area contributed by atoms with E-state index < -0.39 is 6.03 Å². The molecular weight excluding hydrogens is 522 g/mol. The number of urea groups is 1. The number of aromatic nitrogens is 4. The first-order chi connectivity index (χ1) is 19.0. The monoisotopic (exact) mass is 543 g/mol. The lowest BCUT2D eigenvalue weighted by Crippen LogP contribution is -2.24. The van der Waals surface area contributed by atoms with Crippen LogP contribution in [0.4, 0.5) is 10.5 Å². The molecule has 0 spiro atoms. The molecule has 11 nitrogen and oxygen atoms in total. The second-order valence-corrected chi connectivity index (χ2v) is 8.43. The van der Waals surface area contributed by atoms with Crippen molar-refractivity contribution in [3.05, 3.63) is 89.8 Å². The number of ether oxygens (including phenoxy) is 3. The van der Waals surface area contributed by atoms with Crippen LogP contribution in [0.25, 0.3) is 16.6 Å². The molecule has 0 unspecified atom stereocenters. The molecule has 196 valence electrons. The third-order valence-corrected chi connectivity index (χ3v) is 5.84. The Balaban J connectivity index is 1.19. The van der Waals surface area contributed by atoms with E-state index in [1.54, 1.807) is 69.1 Å². The number of methoxy groups -OCH3 is 2. The summed E-state index contributed by atoms with van der Waals surface area (Å²) in [5, 5.41) is 15.9. The van der Waals surface area contributed by atoms with E-state index in [9.17, 15) is 4.79 Å². The first kappa shape index (κ1) is 25.5. The molecule has 5 aromatic rings. The summed E-state index contributed by atoms with van der Waals surface area (Å²) < 4.78 is 18.3. The van der Waals surface area contributed by atoms with Gasteiger partial charge in [0.25, 0.3) is 0 Å². The van der Waals surface area contributed by atoms with Crippen molar-refractivity contribution in [1.82, 2.24) is 25.4 Å². The first-order valence-electron chi connectivity index (χ1n) is 11.6. The van der Waals surface area contributed by atoms with Crippen molar-refractivity contribution in [2.45, 2.75) is 0 Å². The Bertz CT molecular complexity index is 1650. The van der Waals surface area contributed by atoms with Gasteiger partial charge in [0.05, 0.1) is 42.9 Å². The summed E-state index contributed by atoms with van der Waals surface area (Å²) in [6, 6.07) is 19.0. The van der Waals surface area contributed by atoms with Gasteiger partial charge in [-0.25, -0.2) is 14.9 Å². The Morgan fingerprint density at radius 1 is 1.00 bits per heavy atom. The summed E-state index contributed by atoms with van der Waals surface area (Å²) in [4.78, 5) is 16.6. The van der Waals surface area contributed by atoms with Crippen LogP contribution < -0.4 is 25.0 Å². The molecule has 0 aliphatic carbocycles. The first-order valence-corrected chi connectivity index (χ1v) is 12.0. The van der Waals surface area contributed by atoms with E-state index in [0.29, 0.717) is 50.6 Å². The molecule has 0 atom stereocenters. The van der Waals surface area contributed by atoms with Crippen LogP contribution in [0, 0.1) is 0 Å². The number of pyridine rings is 1. The Labute approximate surface area is 228 Å². The fraction of sp³-hybridized carbons (Fsp3) is 0.0741. The van der Waals surface area contributed by atoms with Crippen LogP contribution in [0.1, 0.15) is 5.69 Å². The molecule has 2 heterocycles. The summed E-state index contributed by atoms with van der Waals surface area (Å²) in [6.45, 7) is 0. The number of rotatable bonds is 8. The van der Waals surface area contributed by atoms with Gasteiger partial charge in [-0.05, 0) is 48.5 Å². The average Bonchev–Trinajstić information content (AvgIpc) is 3.42. The summed E-state index contributed by atoms with van der Waals surface area (Å²) in [5.74, 6) is 2.32. The number of hydrogen-bond donors (Lipinski definition) is 2.